The maximum absolute atomic E-state index is 11.7. The van der Waals surface area contributed by atoms with Crippen LogP contribution in [0.3, 0.4) is 0 Å². The quantitative estimate of drug-likeness (QED) is 0.155. The molecular weight excluding hydrogens is 520 g/mol. The highest BCUT2D eigenvalue weighted by Crippen LogP contribution is 2.34. The van der Waals surface area contributed by atoms with Crippen LogP contribution in [0.2, 0.25) is 0 Å². The van der Waals surface area contributed by atoms with Crippen LogP contribution in [0.4, 0.5) is 5.69 Å². The normalized spacial score (nSPS) is 11.0. The first-order valence-corrected chi connectivity index (χ1v) is 13.6. The molecule has 5 aromatic carbocycles. The summed E-state index contributed by atoms with van der Waals surface area (Å²) in [5.74, 6) is 0.633. The Kier molecular flexibility index (Phi) is 6.33. The van der Waals surface area contributed by atoms with E-state index in [4.69, 9.17) is 9.97 Å². The van der Waals surface area contributed by atoms with Gasteiger partial charge in [0.05, 0.1) is 27.4 Å². The van der Waals surface area contributed by atoms with E-state index >= 15 is 0 Å². The minimum absolute atomic E-state index is 0.0848. The summed E-state index contributed by atoms with van der Waals surface area (Å²) in [4.78, 5) is 21.3. The molecule has 0 unspecified atom stereocenters. The van der Waals surface area contributed by atoms with Gasteiger partial charge in [-0.1, -0.05) is 97.1 Å². The van der Waals surface area contributed by atoms with Gasteiger partial charge in [-0.05, 0) is 47.3 Å². The molecule has 0 N–H and O–H groups in total. The summed E-state index contributed by atoms with van der Waals surface area (Å²) >= 11 is 0. The van der Waals surface area contributed by atoms with Gasteiger partial charge in [0.25, 0.3) is 5.69 Å². The predicted octanol–water partition coefficient (Wildman–Crippen LogP) is 9.00. The molecule has 2 aromatic heterocycles. The number of nitro groups is 1. The van der Waals surface area contributed by atoms with Crippen molar-refractivity contribution in [1.29, 1.82) is 0 Å². The summed E-state index contributed by atoms with van der Waals surface area (Å²) in [5.41, 5.74) is 7.99. The van der Waals surface area contributed by atoms with Crippen molar-refractivity contribution in [2.75, 3.05) is 0 Å². The average molecular weight is 545 g/mol. The number of nitro benzene ring substituents is 1. The molecule has 0 amide bonds. The second kappa shape index (κ2) is 10.6. The zero-order valence-electron chi connectivity index (χ0n) is 22.5. The van der Waals surface area contributed by atoms with Gasteiger partial charge in [0, 0.05) is 34.6 Å². The molecule has 2 heterocycles. The lowest BCUT2D eigenvalue weighted by molar-refractivity contribution is -0.384. The van der Waals surface area contributed by atoms with Gasteiger partial charge in [0.2, 0.25) is 0 Å². The molecule has 0 saturated carbocycles. The lowest BCUT2D eigenvalue weighted by atomic mass is 10.0. The van der Waals surface area contributed by atoms with Crippen LogP contribution in [-0.2, 0) is 0 Å². The van der Waals surface area contributed by atoms with Crippen molar-refractivity contribution < 1.29 is 4.92 Å². The third-order valence-corrected chi connectivity index (χ3v) is 7.35. The van der Waals surface area contributed by atoms with Gasteiger partial charge in [-0.3, -0.25) is 10.1 Å². The van der Waals surface area contributed by atoms with Crippen molar-refractivity contribution in [2.45, 2.75) is 0 Å². The lowest BCUT2D eigenvalue weighted by Crippen LogP contribution is -1.98. The Morgan fingerprint density at radius 3 is 1.90 bits per heavy atom. The number of benzene rings is 5. The van der Waals surface area contributed by atoms with Crippen LogP contribution in [0.15, 0.2) is 146 Å². The number of fused-ring (bicyclic) bond motifs is 1. The van der Waals surface area contributed by atoms with Gasteiger partial charge < -0.3 is 4.57 Å². The van der Waals surface area contributed by atoms with E-state index < -0.39 is 0 Å². The van der Waals surface area contributed by atoms with Crippen molar-refractivity contribution in [3.63, 3.8) is 0 Å². The van der Waals surface area contributed by atoms with Crippen LogP contribution < -0.4 is 0 Å². The third-order valence-electron chi connectivity index (χ3n) is 7.35. The molecular formula is C36H24N4O2. The van der Waals surface area contributed by atoms with E-state index in [-0.39, 0.29) is 10.6 Å². The number of hydrogen-bond acceptors (Lipinski definition) is 4. The third kappa shape index (κ3) is 4.71. The van der Waals surface area contributed by atoms with Crippen molar-refractivity contribution in [3.8, 4) is 50.7 Å². The zero-order chi connectivity index (χ0) is 28.5. The second-order valence-corrected chi connectivity index (χ2v) is 9.98. The van der Waals surface area contributed by atoms with Gasteiger partial charge in [0.15, 0.2) is 5.82 Å². The topological polar surface area (TPSA) is 73.8 Å². The standard InChI is InChI=1S/C36H24N4O2/c41-40(42)34-17-8-7-16-31(34)28-19-18-27-20-21-39(35(27)23-28)30-15-9-14-29(22-30)36-37-32(25-10-3-1-4-11-25)24-33(38-36)26-12-5-2-6-13-26/h1-24H. The Hall–Kier alpha value is -5.88. The summed E-state index contributed by atoms with van der Waals surface area (Å²) in [6.07, 6.45) is 2.02. The zero-order valence-corrected chi connectivity index (χ0v) is 22.5. The Morgan fingerprint density at radius 2 is 1.21 bits per heavy atom. The fraction of sp³-hybridized carbons (Fsp3) is 0. The molecule has 0 aliphatic rings. The number of hydrogen-bond donors (Lipinski definition) is 0. The molecule has 42 heavy (non-hydrogen) atoms. The van der Waals surface area contributed by atoms with E-state index in [1.54, 1.807) is 12.1 Å². The molecule has 7 aromatic rings. The minimum atomic E-state index is -0.338. The molecule has 0 atom stereocenters. The maximum atomic E-state index is 11.7. The van der Waals surface area contributed by atoms with Gasteiger partial charge in [-0.25, -0.2) is 9.97 Å². The first-order chi connectivity index (χ1) is 20.6. The Labute approximate surface area is 242 Å². The molecule has 0 spiro atoms. The van der Waals surface area contributed by atoms with Gasteiger partial charge in [-0.2, -0.15) is 0 Å². The summed E-state index contributed by atoms with van der Waals surface area (Å²) in [5, 5.41) is 12.7. The van der Waals surface area contributed by atoms with Crippen LogP contribution >= 0.6 is 0 Å². The number of para-hydroxylation sites is 1. The van der Waals surface area contributed by atoms with Gasteiger partial charge in [0.1, 0.15) is 0 Å². The predicted molar refractivity (Wildman–Crippen MR) is 167 cm³/mol. The van der Waals surface area contributed by atoms with Crippen LogP contribution in [0.1, 0.15) is 0 Å². The molecule has 0 bridgehead atoms. The maximum Gasteiger partial charge on any atom is 0.277 e. The first kappa shape index (κ1) is 25.1. The number of aromatic nitrogens is 3. The van der Waals surface area contributed by atoms with E-state index in [9.17, 15) is 10.1 Å². The largest absolute Gasteiger partial charge is 0.317 e. The summed E-state index contributed by atoms with van der Waals surface area (Å²) < 4.78 is 2.09. The SMILES string of the molecule is O=[N+]([O-])c1ccccc1-c1ccc2ccn(-c3cccc(-c4nc(-c5ccccc5)cc(-c5ccccc5)n4)c3)c2c1. The smallest absolute Gasteiger partial charge is 0.277 e. The van der Waals surface area contributed by atoms with Crippen molar-refractivity contribution in [1.82, 2.24) is 14.5 Å². The molecule has 0 saturated heterocycles. The van der Waals surface area contributed by atoms with E-state index in [0.717, 1.165) is 50.2 Å². The van der Waals surface area contributed by atoms with Gasteiger partial charge in [-0.15, -0.1) is 0 Å². The highest BCUT2D eigenvalue weighted by molar-refractivity contribution is 5.88. The number of nitrogens with zero attached hydrogens (tertiary/aromatic N) is 4. The average Bonchev–Trinajstić information content (AvgIpc) is 3.49. The lowest BCUT2D eigenvalue weighted by Gasteiger charge is -2.12. The molecule has 0 aliphatic heterocycles. The highest BCUT2D eigenvalue weighted by atomic mass is 16.6. The van der Waals surface area contributed by atoms with E-state index in [1.165, 1.54) is 6.07 Å². The van der Waals surface area contributed by atoms with Crippen molar-refractivity contribution in [3.05, 3.63) is 156 Å². The van der Waals surface area contributed by atoms with E-state index in [1.807, 2.05) is 97.2 Å². The molecule has 6 heteroatoms. The summed E-state index contributed by atoms with van der Waals surface area (Å²) in [6.45, 7) is 0. The summed E-state index contributed by atoms with van der Waals surface area (Å²) in [6, 6.07) is 45.2. The van der Waals surface area contributed by atoms with Crippen molar-refractivity contribution >= 4 is 16.6 Å². The molecule has 0 radical (unpaired) electrons. The first-order valence-electron chi connectivity index (χ1n) is 13.6. The fourth-order valence-electron chi connectivity index (χ4n) is 5.28. The van der Waals surface area contributed by atoms with Crippen LogP contribution in [0, 0.1) is 10.1 Å². The summed E-state index contributed by atoms with van der Waals surface area (Å²) in [7, 11) is 0. The monoisotopic (exact) mass is 544 g/mol. The molecule has 0 aliphatic carbocycles. The molecule has 200 valence electrons. The second-order valence-electron chi connectivity index (χ2n) is 9.98. The highest BCUT2D eigenvalue weighted by Gasteiger charge is 2.16. The Bertz CT molecular complexity index is 2010. The molecule has 0 fully saturated rings. The molecule has 7 rings (SSSR count). The molecule has 6 nitrogen and oxygen atoms in total. The fourth-order valence-corrected chi connectivity index (χ4v) is 5.28. The number of rotatable bonds is 6. The Morgan fingerprint density at radius 1 is 0.571 bits per heavy atom. The van der Waals surface area contributed by atoms with Crippen molar-refractivity contribution in [2.24, 2.45) is 0 Å². The van der Waals surface area contributed by atoms with Crippen LogP contribution in [0.5, 0.6) is 0 Å². The van der Waals surface area contributed by atoms with Crippen LogP contribution in [-0.4, -0.2) is 19.5 Å². The van der Waals surface area contributed by atoms with E-state index in [0.29, 0.717) is 11.4 Å². The van der Waals surface area contributed by atoms with Crippen LogP contribution in [0.25, 0.3) is 61.6 Å². The van der Waals surface area contributed by atoms with E-state index in [2.05, 4.69) is 34.9 Å². The minimum Gasteiger partial charge on any atom is -0.317 e. The Balaban J connectivity index is 1.35. The van der Waals surface area contributed by atoms with Gasteiger partial charge >= 0.3 is 0 Å².